The molecule has 1 aliphatic heterocycles. The van der Waals surface area contributed by atoms with Crippen LogP contribution in [0.3, 0.4) is 0 Å². The van der Waals surface area contributed by atoms with E-state index in [-0.39, 0.29) is 30.0 Å². The van der Waals surface area contributed by atoms with Crippen molar-refractivity contribution >= 4 is 17.4 Å². The maximum absolute atomic E-state index is 14.0. The Morgan fingerprint density at radius 2 is 1.91 bits per heavy atom. The first-order chi connectivity index (χ1) is 15.4. The zero-order valence-corrected chi connectivity index (χ0v) is 18.3. The molecule has 0 saturated carbocycles. The van der Waals surface area contributed by atoms with E-state index in [4.69, 9.17) is 14.2 Å². The molecule has 1 N–H and O–H groups in total. The van der Waals surface area contributed by atoms with E-state index in [1.807, 2.05) is 6.92 Å². The molecule has 2 aromatic carbocycles. The van der Waals surface area contributed by atoms with Crippen LogP contribution < -0.4 is 9.47 Å². The predicted octanol–water partition coefficient (Wildman–Crippen LogP) is 3.69. The van der Waals surface area contributed by atoms with E-state index < -0.39 is 29.3 Å². The van der Waals surface area contributed by atoms with Crippen LogP contribution in [-0.4, -0.2) is 55.7 Å². The van der Waals surface area contributed by atoms with Gasteiger partial charge in [-0.15, -0.1) is 0 Å². The van der Waals surface area contributed by atoms with Crippen LogP contribution in [0.4, 0.5) is 4.39 Å². The summed E-state index contributed by atoms with van der Waals surface area (Å²) in [7, 11) is 2.86. The third-order valence-corrected chi connectivity index (χ3v) is 5.14. The largest absolute Gasteiger partial charge is 0.507 e. The molecule has 3 rings (SSSR count). The maximum Gasteiger partial charge on any atom is 0.295 e. The number of likely N-dealkylation sites (tertiary alicyclic amines) is 1. The molecule has 0 aromatic heterocycles. The molecular weight excluding hydrogens is 417 g/mol. The SMILES string of the molecule is CCCOc1cccc(C2/C(=C(\O)c3cc(F)ccc3OC)C(=O)C(=O)N2CCOC)c1. The molecule has 1 fully saturated rings. The number of hydrogen-bond donors (Lipinski definition) is 1. The van der Waals surface area contributed by atoms with Crippen molar-refractivity contribution in [3.05, 3.63) is 65.0 Å². The van der Waals surface area contributed by atoms with Crippen LogP contribution in [0.1, 0.15) is 30.5 Å². The van der Waals surface area contributed by atoms with Gasteiger partial charge < -0.3 is 24.2 Å². The number of rotatable bonds is 9. The van der Waals surface area contributed by atoms with E-state index in [1.54, 1.807) is 24.3 Å². The highest BCUT2D eigenvalue weighted by atomic mass is 19.1. The van der Waals surface area contributed by atoms with Gasteiger partial charge in [0.15, 0.2) is 0 Å². The fraction of sp³-hybridized carbons (Fsp3) is 0.333. The summed E-state index contributed by atoms with van der Waals surface area (Å²) in [5.41, 5.74) is 0.411. The highest BCUT2D eigenvalue weighted by Gasteiger charge is 2.46. The number of benzene rings is 2. The number of Topliss-reactive ketones (excluding diaryl/α,β-unsaturated/α-hetero) is 1. The third-order valence-electron chi connectivity index (χ3n) is 5.14. The minimum absolute atomic E-state index is 0.0133. The summed E-state index contributed by atoms with van der Waals surface area (Å²) in [6, 6.07) is 9.68. The van der Waals surface area contributed by atoms with Gasteiger partial charge in [0.2, 0.25) is 0 Å². The number of ketones is 1. The quantitative estimate of drug-likeness (QED) is 0.362. The van der Waals surface area contributed by atoms with Crippen LogP contribution >= 0.6 is 0 Å². The summed E-state index contributed by atoms with van der Waals surface area (Å²) in [6.45, 7) is 2.81. The van der Waals surface area contributed by atoms with E-state index in [1.165, 1.54) is 31.3 Å². The second-order valence-electron chi connectivity index (χ2n) is 7.25. The average molecular weight is 443 g/mol. The van der Waals surface area contributed by atoms with Gasteiger partial charge >= 0.3 is 0 Å². The van der Waals surface area contributed by atoms with E-state index in [2.05, 4.69) is 0 Å². The summed E-state index contributed by atoms with van der Waals surface area (Å²) in [6.07, 6.45) is 0.815. The van der Waals surface area contributed by atoms with E-state index in [0.29, 0.717) is 17.9 Å². The molecule has 0 radical (unpaired) electrons. The van der Waals surface area contributed by atoms with Crippen molar-refractivity contribution in [2.45, 2.75) is 19.4 Å². The van der Waals surface area contributed by atoms with Crippen LogP contribution in [0.5, 0.6) is 11.5 Å². The molecule has 1 saturated heterocycles. The lowest BCUT2D eigenvalue weighted by Gasteiger charge is -2.25. The van der Waals surface area contributed by atoms with Crippen LogP contribution in [0.2, 0.25) is 0 Å². The molecule has 7 nitrogen and oxygen atoms in total. The molecule has 1 atom stereocenters. The molecule has 1 unspecified atom stereocenters. The monoisotopic (exact) mass is 443 g/mol. The number of aliphatic hydroxyl groups excluding tert-OH is 1. The van der Waals surface area contributed by atoms with Gasteiger partial charge in [-0.25, -0.2) is 4.39 Å². The van der Waals surface area contributed by atoms with Gasteiger partial charge in [0.1, 0.15) is 23.1 Å². The topological polar surface area (TPSA) is 85.3 Å². The van der Waals surface area contributed by atoms with Crippen molar-refractivity contribution in [1.29, 1.82) is 0 Å². The fourth-order valence-electron chi connectivity index (χ4n) is 3.65. The number of halogens is 1. The first-order valence-corrected chi connectivity index (χ1v) is 10.3. The number of methoxy groups -OCH3 is 2. The zero-order valence-electron chi connectivity index (χ0n) is 18.3. The van der Waals surface area contributed by atoms with Gasteiger partial charge in [-0.05, 0) is 42.3 Å². The summed E-state index contributed by atoms with van der Waals surface area (Å²) in [5, 5.41) is 11.1. The standard InChI is InChI=1S/C24H26FNO6/c1-4-11-32-17-7-5-6-15(13-17)21-20(23(28)24(29)26(21)10-12-30-2)22(27)18-14-16(25)8-9-19(18)31-3/h5-9,13-14,21,27H,4,10-12H2,1-3H3/b22-20+. The zero-order chi connectivity index (χ0) is 23.3. The molecule has 1 aliphatic rings. The Hall–Kier alpha value is -3.39. The van der Waals surface area contributed by atoms with E-state index >= 15 is 0 Å². The van der Waals surface area contributed by atoms with Crippen molar-refractivity contribution in [2.75, 3.05) is 34.0 Å². The molecule has 170 valence electrons. The van der Waals surface area contributed by atoms with Crippen molar-refractivity contribution in [2.24, 2.45) is 0 Å². The Kier molecular flexibility index (Phi) is 7.48. The molecule has 1 amide bonds. The number of carbonyl (C=O) groups is 2. The lowest BCUT2D eigenvalue weighted by atomic mass is 9.94. The summed E-state index contributed by atoms with van der Waals surface area (Å²) in [5.74, 6) is -2.02. The second-order valence-corrected chi connectivity index (χ2v) is 7.25. The second kappa shape index (κ2) is 10.3. The summed E-state index contributed by atoms with van der Waals surface area (Å²) >= 11 is 0. The molecule has 32 heavy (non-hydrogen) atoms. The number of aliphatic hydroxyl groups is 1. The number of amides is 1. The van der Waals surface area contributed by atoms with Crippen LogP contribution in [0.25, 0.3) is 5.76 Å². The fourth-order valence-corrected chi connectivity index (χ4v) is 3.65. The highest BCUT2D eigenvalue weighted by molar-refractivity contribution is 6.46. The number of nitrogens with zero attached hydrogens (tertiary/aromatic N) is 1. The van der Waals surface area contributed by atoms with Gasteiger partial charge in [-0.3, -0.25) is 9.59 Å². The predicted molar refractivity (Wildman–Crippen MR) is 116 cm³/mol. The summed E-state index contributed by atoms with van der Waals surface area (Å²) in [4.78, 5) is 27.2. The number of ether oxygens (including phenoxy) is 3. The maximum atomic E-state index is 14.0. The molecule has 0 bridgehead atoms. The molecule has 2 aromatic rings. The van der Waals surface area contributed by atoms with E-state index in [0.717, 1.165) is 12.5 Å². The Balaban J connectivity index is 2.19. The van der Waals surface area contributed by atoms with Crippen molar-refractivity contribution in [1.82, 2.24) is 4.90 Å². The van der Waals surface area contributed by atoms with Crippen molar-refractivity contribution < 1.29 is 33.3 Å². The van der Waals surface area contributed by atoms with Gasteiger partial charge in [0.25, 0.3) is 11.7 Å². The third kappa shape index (κ3) is 4.60. The minimum Gasteiger partial charge on any atom is -0.507 e. The van der Waals surface area contributed by atoms with Gasteiger partial charge in [0.05, 0.1) is 37.5 Å². The van der Waals surface area contributed by atoms with Crippen molar-refractivity contribution in [3.8, 4) is 11.5 Å². The van der Waals surface area contributed by atoms with E-state index in [9.17, 15) is 19.1 Å². The minimum atomic E-state index is -0.900. The Morgan fingerprint density at radius 1 is 1.12 bits per heavy atom. The van der Waals surface area contributed by atoms with Crippen LogP contribution in [0, 0.1) is 5.82 Å². The Morgan fingerprint density at radius 3 is 2.59 bits per heavy atom. The van der Waals surface area contributed by atoms with Crippen molar-refractivity contribution in [3.63, 3.8) is 0 Å². The first-order valence-electron chi connectivity index (χ1n) is 10.3. The van der Waals surface area contributed by atoms with Crippen LogP contribution in [0.15, 0.2) is 48.0 Å². The van der Waals surface area contributed by atoms with Crippen LogP contribution in [-0.2, 0) is 14.3 Å². The lowest BCUT2D eigenvalue weighted by molar-refractivity contribution is -0.140. The Bertz CT molecular complexity index is 1030. The molecule has 0 aliphatic carbocycles. The average Bonchev–Trinajstić information content (AvgIpc) is 3.05. The molecular formula is C24H26FNO6. The summed E-state index contributed by atoms with van der Waals surface area (Å²) < 4.78 is 30.0. The number of hydrogen-bond acceptors (Lipinski definition) is 6. The Labute approximate surface area is 186 Å². The highest BCUT2D eigenvalue weighted by Crippen LogP contribution is 2.41. The first kappa shape index (κ1) is 23.3. The lowest BCUT2D eigenvalue weighted by Crippen LogP contribution is -2.32. The smallest absolute Gasteiger partial charge is 0.295 e. The van der Waals surface area contributed by atoms with Gasteiger partial charge in [-0.1, -0.05) is 19.1 Å². The molecule has 1 heterocycles. The van der Waals surface area contributed by atoms with Gasteiger partial charge in [-0.2, -0.15) is 0 Å². The molecule has 8 heteroatoms. The molecule has 0 spiro atoms. The number of carbonyl (C=O) groups excluding carboxylic acids is 2. The normalized spacial score (nSPS) is 17.6. The van der Waals surface area contributed by atoms with Gasteiger partial charge in [0, 0.05) is 13.7 Å².